The first-order valence-electron chi connectivity index (χ1n) is 5.96. The molecule has 2 N–H and O–H groups in total. The van der Waals surface area contributed by atoms with E-state index in [-0.39, 0.29) is 18.8 Å². The van der Waals surface area contributed by atoms with Gasteiger partial charge in [-0.15, -0.1) is 0 Å². The van der Waals surface area contributed by atoms with Gasteiger partial charge in [-0.3, -0.25) is 0 Å². The van der Waals surface area contributed by atoms with Crippen molar-refractivity contribution in [3.8, 4) is 0 Å². The van der Waals surface area contributed by atoms with Gasteiger partial charge in [0, 0.05) is 0 Å². The summed E-state index contributed by atoms with van der Waals surface area (Å²) < 4.78 is 5.69. The molecular formula is C13H17NO4. The van der Waals surface area contributed by atoms with Crippen LogP contribution < -0.4 is 0 Å². The predicted octanol–water partition coefficient (Wildman–Crippen LogP) is 1.32. The molecular weight excluding hydrogens is 234 g/mol. The highest BCUT2D eigenvalue weighted by Crippen LogP contribution is 2.21. The fourth-order valence-electron chi connectivity index (χ4n) is 2.19. The third kappa shape index (κ3) is 3.00. The standard InChI is InChI=1S/C13H17NO4/c15-8-11-6-12(7-14(11)13(16)17)18-9-10-4-2-1-3-5-10/h1-5,11-12,15H,6-9H2,(H,16,17)/t11-,12-/m1/s1. The van der Waals surface area contributed by atoms with Gasteiger partial charge in [-0.05, 0) is 12.0 Å². The number of rotatable bonds is 4. The first-order chi connectivity index (χ1) is 8.70. The topological polar surface area (TPSA) is 70.0 Å². The van der Waals surface area contributed by atoms with Crippen LogP contribution in [0.5, 0.6) is 0 Å². The highest BCUT2D eigenvalue weighted by Gasteiger charge is 2.35. The number of carbonyl (C=O) groups is 1. The Bertz CT molecular complexity index is 395. The molecule has 0 aliphatic carbocycles. The fourth-order valence-corrected chi connectivity index (χ4v) is 2.19. The summed E-state index contributed by atoms with van der Waals surface area (Å²) in [7, 11) is 0. The summed E-state index contributed by atoms with van der Waals surface area (Å²) in [5, 5.41) is 18.1. The lowest BCUT2D eigenvalue weighted by atomic mass is 10.2. The Labute approximate surface area is 106 Å². The lowest BCUT2D eigenvalue weighted by molar-refractivity contribution is 0.0464. The van der Waals surface area contributed by atoms with E-state index in [2.05, 4.69) is 0 Å². The molecule has 1 fully saturated rings. The molecule has 98 valence electrons. The van der Waals surface area contributed by atoms with Crippen molar-refractivity contribution in [1.29, 1.82) is 0 Å². The Hall–Kier alpha value is -1.59. The van der Waals surface area contributed by atoms with Crippen LogP contribution in [0.25, 0.3) is 0 Å². The third-order valence-electron chi connectivity index (χ3n) is 3.16. The molecule has 0 aromatic heterocycles. The van der Waals surface area contributed by atoms with E-state index >= 15 is 0 Å². The Morgan fingerprint density at radius 2 is 2.11 bits per heavy atom. The average Bonchev–Trinajstić information content (AvgIpc) is 2.81. The fraction of sp³-hybridized carbons (Fsp3) is 0.462. The van der Waals surface area contributed by atoms with Crippen LogP contribution in [0.2, 0.25) is 0 Å². The van der Waals surface area contributed by atoms with Gasteiger partial charge < -0.3 is 19.8 Å². The number of ether oxygens (including phenoxy) is 1. The summed E-state index contributed by atoms with van der Waals surface area (Å²) in [5.74, 6) is 0. The van der Waals surface area contributed by atoms with Gasteiger partial charge in [0.15, 0.2) is 0 Å². The number of benzene rings is 1. The molecule has 1 amide bonds. The smallest absolute Gasteiger partial charge is 0.407 e. The molecule has 18 heavy (non-hydrogen) atoms. The molecule has 0 radical (unpaired) electrons. The van der Waals surface area contributed by atoms with Crippen molar-refractivity contribution in [2.24, 2.45) is 0 Å². The molecule has 0 unspecified atom stereocenters. The minimum absolute atomic E-state index is 0.140. The maximum atomic E-state index is 10.9. The molecule has 2 atom stereocenters. The molecule has 0 bridgehead atoms. The molecule has 1 saturated heterocycles. The third-order valence-corrected chi connectivity index (χ3v) is 3.16. The number of hydrogen-bond acceptors (Lipinski definition) is 3. The van der Waals surface area contributed by atoms with Crippen LogP contribution in [0.4, 0.5) is 4.79 Å². The van der Waals surface area contributed by atoms with Gasteiger partial charge in [0.2, 0.25) is 0 Å². The maximum Gasteiger partial charge on any atom is 0.407 e. The summed E-state index contributed by atoms with van der Waals surface area (Å²) in [4.78, 5) is 12.2. The molecule has 0 saturated carbocycles. The van der Waals surface area contributed by atoms with Crippen LogP contribution in [-0.4, -0.2) is 46.5 Å². The van der Waals surface area contributed by atoms with Crippen LogP contribution in [0, 0.1) is 0 Å². The Balaban J connectivity index is 1.87. The van der Waals surface area contributed by atoms with E-state index in [4.69, 9.17) is 14.9 Å². The second-order valence-electron chi connectivity index (χ2n) is 4.43. The number of aliphatic hydroxyl groups excluding tert-OH is 1. The van der Waals surface area contributed by atoms with Gasteiger partial charge in [0.05, 0.1) is 31.9 Å². The van der Waals surface area contributed by atoms with Gasteiger partial charge in [-0.2, -0.15) is 0 Å². The summed E-state index contributed by atoms with van der Waals surface area (Å²) in [5.41, 5.74) is 1.06. The molecule has 1 aliphatic rings. The number of carboxylic acid groups (broad SMARTS) is 1. The van der Waals surface area contributed by atoms with E-state index in [1.165, 1.54) is 4.90 Å². The molecule has 1 aromatic rings. The Morgan fingerprint density at radius 1 is 1.39 bits per heavy atom. The Kier molecular flexibility index (Phi) is 4.17. The van der Waals surface area contributed by atoms with Crippen molar-refractivity contribution in [2.75, 3.05) is 13.2 Å². The summed E-state index contributed by atoms with van der Waals surface area (Å²) >= 11 is 0. The number of likely N-dealkylation sites (tertiary alicyclic amines) is 1. The monoisotopic (exact) mass is 251 g/mol. The van der Waals surface area contributed by atoms with Crippen molar-refractivity contribution in [2.45, 2.75) is 25.2 Å². The van der Waals surface area contributed by atoms with Crippen molar-refractivity contribution >= 4 is 6.09 Å². The maximum absolute atomic E-state index is 10.9. The predicted molar refractivity (Wildman–Crippen MR) is 65.2 cm³/mol. The van der Waals surface area contributed by atoms with E-state index in [1.54, 1.807) is 0 Å². The zero-order chi connectivity index (χ0) is 13.0. The van der Waals surface area contributed by atoms with E-state index in [0.29, 0.717) is 19.6 Å². The first kappa shape index (κ1) is 12.9. The first-order valence-corrected chi connectivity index (χ1v) is 5.96. The van der Waals surface area contributed by atoms with E-state index in [9.17, 15) is 4.79 Å². The van der Waals surface area contributed by atoms with Gasteiger partial charge >= 0.3 is 6.09 Å². The zero-order valence-corrected chi connectivity index (χ0v) is 10.0. The molecule has 5 heteroatoms. The normalized spacial score (nSPS) is 23.3. The number of amides is 1. The molecule has 1 heterocycles. The van der Waals surface area contributed by atoms with Gasteiger partial charge in [-0.1, -0.05) is 30.3 Å². The number of nitrogens with zero attached hydrogens (tertiary/aromatic N) is 1. The van der Waals surface area contributed by atoms with Crippen molar-refractivity contribution in [3.63, 3.8) is 0 Å². The van der Waals surface area contributed by atoms with Crippen LogP contribution >= 0.6 is 0 Å². The van der Waals surface area contributed by atoms with Gasteiger partial charge in [0.1, 0.15) is 0 Å². The minimum atomic E-state index is -1.00. The van der Waals surface area contributed by atoms with Crippen LogP contribution in [0.15, 0.2) is 30.3 Å². The molecule has 2 rings (SSSR count). The van der Waals surface area contributed by atoms with Crippen LogP contribution in [0.3, 0.4) is 0 Å². The van der Waals surface area contributed by atoms with Crippen molar-refractivity contribution in [3.05, 3.63) is 35.9 Å². The number of aliphatic hydroxyl groups is 1. The zero-order valence-electron chi connectivity index (χ0n) is 10.0. The van der Waals surface area contributed by atoms with Gasteiger partial charge in [0.25, 0.3) is 0 Å². The van der Waals surface area contributed by atoms with Crippen LogP contribution in [0.1, 0.15) is 12.0 Å². The lowest BCUT2D eigenvalue weighted by Gasteiger charge is -2.18. The molecule has 1 aliphatic heterocycles. The molecule has 1 aromatic carbocycles. The Morgan fingerprint density at radius 3 is 2.67 bits per heavy atom. The summed E-state index contributed by atoms with van der Waals surface area (Å²) in [6.07, 6.45) is -0.589. The van der Waals surface area contributed by atoms with E-state index < -0.39 is 6.09 Å². The highest BCUT2D eigenvalue weighted by molar-refractivity contribution is 5.66. The molecule has 0 spiro atoms. The quantitative estimate of drug-likeness (QED) is 0.846. The van der Waals surface area contributed by atoms with E-state index in [1.807, 2.05) is 30.3 Å². The van der Waals surface area contributed by atoms with Gasteiger partial charge in [-0.25, -0.2) is 4.79 Å². The second kappa shape index (κ2) is 5.84. The second-order valence-corrected chi connectivity index (χ2v) is 4.43. The SMILES string of the molecule is O=C(O)N1C[C@H](OCc2ccccc2)C[C@@H]1CO. The van der Waals surface area contributed by atoms with Crippen molar-refractivity contribution in [1.82, 2.24) is 4.90 Å². The summed E-state index contributed by atoms with van der Waals surface area (Å²) in [6.45, 7) is 0.641. The number of hydrogen-bond donors (Lipinski definition) is 2. The van der Waals surface area contributed by atoms with Crippen LogP contribution in [-0.2, 0) is 11.3 Å². The lowest BCUT2D eigenvalue weighted by Crippen LogP contribution is -2.36. The highest BCUT2D eigenvalue weighted by atomic mass is 16.5. The molecule has 5 nitrogen and oxygen atoms in total. The van der Waals surface area contributed by atoms with E-state index in [0.717, 1.165) is 5.56 Å². The minimum Gasteiger partial charge on any atom is -0.465 e. The summed E-state index contributed by atoms with van der Waals surface area (Å²) in [6, 6.07) is 9.40. The largest absolute Gasteiger partial charge is 0.465 e. The average molecular weight is 251 g/mol. The van der Waals surface area contributed by atoms with Crippen molar-refractivity contribution < 1.29 is 19.7 Å².